The van der Waals surface area contributed by atoms with Crippen LogP contribution in [0.3, 0.4) is 0 Å². The quantitative estimate of drug-likeness (QED) is 0.435. The van der Waals surface area contributed by atoms with E-state index in [9.17, 15) is 20.1 Å². The molecule has 1 aliphatic rings. The van der Waals surface area contributed by atoms with Gasteiger partial charge in [-0.15, -0.1) is 0 Å². The fourth-order valence-electron chi connectivity index (χ4n) is 1.77. The zero-order valence-corrected chi connectivity index (χ0v) is 10.5. The normalized spacial score (nSPS) is 34.9. The van der Waals surface area contributed by atoms with Crippen molar-refractivity contribution in [1.82, 2.24) is 14.8 Å². The third-order valence-electron chi connectivity index (χ3n) is 2.72. The summed E-state index contributed by atoms with van der Waals surface area (Å²) in [6, 6.07) is 0. The summed E-state index contributed by atoms with van der Waals surface area (Å²) in [5, 5.41) is 35.3. The molecule has 108 valence electrons. The number of hydrogen-bond donors (Lipinski definition) is 4. The molecule has 0 radical (unpaired) electrons. The van der Waals surface area contributed by atoms with Crippen LogP contribution < -0.4 is 11.4 Å². The molecule has 0 spiro atoms. The van der Waals surface area contributed by atoms with Gasteiger partial charge in [-0.1, -0.05) is 0 Å². The zero-order valence-electron chi connectivity index (χ0n) is 11.8. The van der Waals surface area contributed by atoms with Gasteiger partial charge in [-0.25, -0.2) is 4.79 Å². The van der Waals surface area contributed by atoms with E-state index in [0.717, 1.165) is 6.20 Å². The number of nitrogens with two attached hydrogens (primary N) is 1. The predicted octanol–water partition coefficient (Wildman–Crippen LogP) is -2.60. The molecule has 1 aromatic heterocycles. The molecule has 1 saturated heterocycles. The molecule has 20 heavy (non-hydrogen) atoms. The molecule has 1 aliphatic heterocycles. The predicted molar refractivity (Wildman–Crippen MR) is 66.3 cm³/mol. The Morgan fingerprint density at radius 2 is 2.45 bits per heavy atom. The summed E-state index contributed by atoms with van der Waals surface area (Å²) in [5.74, 6) is 1.83. The maximum absolute atomic E-state index is 11.8. The van der Waals surface area contributed by atoms with E-state index in [-0.39, 0.29) is 5.82 Å². The number of nitrogens with zero attached hydrogens (tertiary/aromatic N) is 3. The van der Waals surface area contributed by atoms with E-state index in [1.165, 1.54) is 0 Å². The van der Waals surface area contributed by atoms with Crippen LogP contribution in [-0.4, -0.2) is 54.5 Å². The highest BCUT2D eigenvalue weighted by atomic mass is 35.5. The molecule has 1 aromatic rings. The molecular formula is C10H11ClN4O5. The standard InChI is InChI=1S/C10H11ClN4O5/c11-2-1-10(19)7(17)5(4-16)20-8(10)15-9(18)14-6(12)3-13-15/h3,5,7-8,16-17,19H,4H2,(H2,12,14,18)/t5-,7+,8-,10?/m1/s1/i4D2. The lowest BCUT2D eigenvalue weighted by Gasteiger charge is -2.25. The van der Waals surface area contributed by atoms with Gasteiger partial charge in [-0.3, -0.25) is 0 Å². The zero-order chi connectivity index (χ0) is 16.7. The molecule has 5 N–H and O–H groups in total. The topological polar surface area (TPSA) is 144 Å². The van der Waals surface area contributed by atoms with Gasteiger partial charge < -0.3 is 25.8 Å². The van der Waals surface area contributed by atoms with Gasteiger partial charge in [0.1, 0.15) is 18.0 Å². The maximum atomic E-state index is 11.8. The smallest absolute Gasteiger partial charge is 0.368 e. The van der Waals surface area contributed by atoms with Crippen molar-refractivity contribution in [3.63, 3.8) is 0 Å². The summed E-state index contributed by atoms with van der Waals surface area (Å²) < 4.78 is 20.0. The Balaban J connectivity index is 2.57. The lowest BCUT2D eigenvalue weighted by molar-refractivity contribution is -0.0836. The molecule has 1 unspecified atom stereocenters. The van der Waals surface area contributed by atoms with Crippen molar-refractivity contribution in [1.29, 1.82) is 0 Å². The Morgan fingerprint density at radius 3 is 3.00 bits per heavy atom. The fraction of sp³-hybridized carbons (Fsp3) is 0.500. The second kappa shape index (κ2) is 5.35. The monoisotopic (exact) mass is 304 g/mol. The first-order chi connectivity index (χ1) is 10.1. The number of rotatable bonds is 2. The van der Waals surface area contributed by atoms with Crippen LogP contribution in [0.15, 0.2) is 11.0 Å². The number of hydrogen-bond acceptors (Lipinski definition) is 8. The molecule has 2 rings (SSSR count). The Bertz CT molecular complexity index is 699. The summed E-state index contributed by atoms with van der Waals surface area (Å²) in [5.41, 5.74) is 1.75. The van der Waals surface area contributed by atoms with E-state index in [1.807, 2.05) is 11.3 Å². The molecule has 0 aromatic carbocycles. The lowest BCUT2D eigenvalue weighted by atomic mass is 9.95. The number of nitrogen functional groups attached to an aromatic ring is 1. The van der Waals surface area contributed by atoms with Crippen LogP contribution in [0.5, 0.6) is 0 Å². The summed E-state index contributed by atoms with van der Waals surface area (Å²) in [6.45, 7) is -3.03. The van der Waals surface area contributed by atoms with Gasteiger partial charge in [0.15, 0.2) is 6.23 Å². The van der Waals surface area contributed by atoms with E-state index in [1.54, 1.807) is 0 Å². The van der Waals surface area contributed by atoms with Gasteiger partial charge in [0.25, 0.3) is 0 Å². The number of aromatic nitrogens is 3. The van der Waals surface area contributed by atoms with Crippen LogP contribution in [0.25, 0.3) is 0 Å². The highest BCUT2D eigenvalue weighted by Crippen LogP contribution is 2.36. The Hall–Kier alpha value is -1.70. The Labute approximate surface area is 120 Å². The molecule has 10 heteroatoms. The molecule has 0 amide bonds. The summed E-state index contributed by atoms with van der Waals surface area (Å²) in [4.78, 5) is 15.1. The van der Waals surface area contributed by atoms with Gasteiger partial charge in [0, 0.05) is 5.38 Å². The number of anilines is 1. The van der Waals surface area contributed by atoms with Gasteiger partial charge in [-0.05, 0) is 17.5 Å². The average molecular weight is 305 g/mol. The van der Waals surface area contributed by atoms with Gasteiger partial charge in [-0.2, -0.15) is 14.8 Å². The fourth-order valence-corrected chi connectivity index (χ4v) is 1.92. The van der Waals surface area contributed by atoms with Crippen molar-refractivity contribution in [2.24, 2.45) is 0 Å². The van der Waals surface area contributed by atoms with E-state index >= 15 is 0 Å². The summed E-state index contributed by atoms with van der Waals surface area (Å²) in [7, 11) is 0. The third kappa shape index (κ3) is 2.24. The van der Waals surface area contributed by atoms with Crippen molar-refractivity contribution in [3.8, 4) is 11.3 Å². The van der Waals surface area contributed by atoms with Crippen molar-refractivity contribution in [2.75, 3.05) is 12.3 Å². The van der Waals surface area contributed by atoms with Gasteiger partial charge in [0.2, 0.25) is 5.60 Å². The molecule has 0 saturated carbocycles. The van der Waals surface area contributed by atoms with Crippen molar-refractivity contribution >= 4 is 17.4 Å². The number of halogens is 1. The van der Waals surface area contributed by atoms with Crippen molar-refractivity contribution < 1.29 is 22.8 Å². The number of aliphatic hydroxyl groups is 3. The molecular weight excluding hydrogens is 292 g/mol. The first kappa shape index (κ1) is 12.1. The van der Waals surface area contributed by atoms with E-state index in [0.29, 0.717) is 4.68 Å². The summed E-state index contributed by atoms with van der Waals surface area (Å²) >= 11 is 5.23. The average Bonchev–Trinajstić information content (AvgIpc) is 2.63. The van der Waals surface area contributed by atoms with Crippen LogP contribution in [0.4, 0.5) is 5.82 Å². The highest BCUT2D eigenvalue weighted by Gasteiger charge is 2.56. The largest absolute Gasteiger partial charge is 0.394 e. The molecule has 4 atom stereocenters. The van der Waals surface area contributed by atoms with Gasteiger partial charge >= 0.3 is 5.69 Å². The van der Waals surface area contributed by atoms with Crippen LogP contribution in [0.2, 0.25) is 0 Å². The van der Waals surface area contributed by atoms with Crippen LogP contribution in [0, 0.1) is 11.3 Å². The minimum Gasteiger partial charge on any atom is -0.394 e. The second-order valence-electron chi connectivity index (χ2n) is 3.94. The highest BCUT2D eigenvalue weighted by molar-refractivity contribution is 6.30. The van der Waals surface area contributed by atoms with Gasteiger partial charge in [0.05, 0.1) is 15.5 Å². The molecule has 1 fully saturated rings. The van der Waals surface area contributed by atoms with Crippen LogP contribution >= 0.6 is 11.6 Å². The third-order valence-corrected chi connectivity index (χ3v) is 2.82. The first-order valence-corrected chi connectivity index (χ1v) is 5.61. The van der Waals surface area contributed by atoms with Crippen molar-refractivity contribution in [3.05, 3.63) is 16.7 Å². The van der Waals surface area contributed by atoms with E-state index < -0.39 is 36.3 Å². The molecule has 0 aliphatic carbocycles. The maximum Gasteiger partial charge on any atom is 0.368 e. The molecule has 0 bridgehead atoms. The Morgan fingerprint density at radius 1 is 1.75 bits per heavy atom. The first-order valence-electron chi connectivity index (χ1n) is 6.23. The molecule has 2 heterocycles. The minimum absolute atomic E-state index is 0.194. The summed E-state index contributed by atoms with van der Waals surface area (Å²) in [6.07, 6.45) is -4.71. The van der Waals surface area contributed by atoms with E-state index in [4.69, 9.17) is 24.8 Å². The molecule has 9 nitrogen and oxygen atoms in total. The minimum atomic E-state index is -3.03. The Kier molecular flexibility index (Phi) is 3.23. The van der Waals surface area contributed by atoms with Crippen molar-refractivity contribution in [2.45, 2.75) is 24.0 Å². The lowest BCUT2D eigenvalue weighted by Crippen LogP contribution is -2.48. The SMILES string of the molecule is [2H]C([2H])(O)[C@H]1O[C@@H](n2ncc(N)nc2=O)C(O)(C#CCl)[C@H]1O. The van der Waals surface area contributed by atoms with E-state index in [2.05, 4.69) is 10.1 Å². The second-order valence-corrected chi connectivity index (χ2v) is 4.13. The van der Waals surface area contributed by atoms with Crippen LogP contribution in [-0.2, 0) is 4.74 Å². The van der Waals surface area contributed by atoms with Crippen LogP contribution in [0.1, 0.15) is 8.97 Å². The number of ether oxygens (including phenoxy) is 1. The number of aliphatic hydroxyl groups excluding tert-OH is 1.